The van der Waals surface area contributed by atoms with Crippen molar-refractivity contribution in [3.05, 3.63) is 203 Å². The summed E-state index contributed by atoms with van der Waals surface area (Å²) in [4.78, 5) is 4.91. The van der Waals surface area contributed by atoms with Gasteiger partial charge in [0, 0.05) is 43.6 Å². The predicted octanol–water partition coefficient (Wildman–Crippen LogP) is 15.7. The minimum Gasteiger partial charge on any atom is -0.302 e. The minimum absolute atomic E-state index is 0.0668. The molecule has 56 heavy (non-hydrogen) atoms. The zero-order valence-electron chi connectivity index (χ0n) is 31.9. The van der Waals surface area contributed by atoms with Gasteiger partial charge in [-0.25, -0.2) is 0 Å². The van der Waals surface area contributed by atoms with E-state index in [4.69, 9.17) is 0 Å². The summed E-state index contributed by atoms with van der Waals surface area (Å²) in [6, 6.07) is 64.7. The first-order chi connectivity index (χ1) is 27.2. The van der Waals surface area contributed by atoms with Gasteiger partial charge in [0.05, 0.1) is 0 Å². The fourth-order valence-corrected chi connectivity index (χ4v) is 10.6. The first kappa shape index (κ1) is 34.8. The second-order valence-corrected chi connectivity index (χ2v) is 17.9. The molecule has 4 heteroatoms. The summed E-state index contributed by atoms with van der Waals surface area (Å²) < 4.78 is 1.06. The van der Waals surface area contributed by atoms with Crippen molar-refractivity contribution in [3.63, 3.8) is 0 Å². The van der Waals surface area contributed by atoms with E-state index in [1.54, 1.807) is 0 Å². The van der Waals surface area contributed by atoms with Gasteiger partial charge >= 0.3 is 0 Å². The topological polar surface area (TPSA) is 6.48 Å². The van der Waals surface area contributed by atoms with Crippen LogP contribution in [0.3, 0.4) is 0 Å². The highest BCUT2D eigenvalue weighted by Gasteiger charge is 2.37. The number of benzene rings is 7. The van der Waals surface area contributed by atoms with E-state index in [2.05, 4.69) is 229 Å². The molecule has 0 atom stereocenters. The first-order valence-corrected chi connectivity index (χ1v) is 20.9. The van der Waals surface area contributed by atoms with E-state index in [0.29, 0.717) is 0 Å². The summed E-state index contributed by atoms with van der Waals surface area (Å²) in [6.07, 6.45) is 0. The van der Waals surface area contributed by atoms with Gasteiger partial charge in [0.25, 0.3) is 0 Å². The standard InChI is InChI=1S/C52H41BrN2S/c1-51(2)46-22-14-12-20-41(46)44-31-38(28-30-47(44)51)55(37-17-9-6-10-18-37)50-43(34-23-25-35(53)26-24-34)33-49(56-50)54(36-15-7-5-8-16-36)39-27-29-42-40-19-11-13-21-45(40)52(3,4)48(42)32-39/h5-33H,1-4H3. The minimum atomic E-state index is -0.113. The number of para-hydroxylation sites is 2. The van der Waals surface area contributed by atoms with Gasteiger partial charge in [0.1, 0.15) is 10.0 Å². The molecule has 2 aliphatic carbocycles. The van der Waals surface area contributed by atoms with Gasteiger partial charge in [0.15, 0.2) is 0 Å². The van der Waals surface area contributed by atoms with Crippen LogP contribution in [-0.2, 0) is 10.8 Å². The summed E-state index contributed by atoms with van der Waals surface area (Å²) >= 11 is 5.54. The van der Waals surface area contributed by atoms with Crippen LogP contribution in [0.5, 0.6) is 0 Å². The molecular weight excluding hydrogens is 765 g/mol. The number of hydrogen-bond donors (Lipinski definition) is 0. The Hall–Kier alpha value is -5.68. The fraction of sp³-hybridized carbons (Fsp3) is 0.115. The van der Waals surface area contributed by atoms with Crippen molar-refractivity contribution in [1.29, 1.82) is 0 Å². The molecule has 0 fully saturated rings. The Kier molecular flexibility index (Phi) is 8.21. The third-order valence-electron chi connectivity index (χ3n) is 12.0. The van der Waals surface area contributed by atoms with Crippen molar-refractivity contribution < 1.29 is 0 Å². The van der Waals surface area contributed by atoms with E-state index in [1.807, 2.05) is 11.3 Å². The molecule has 0 N–H and O–H groups in total. The van der Waals surface area contributed by atoms with Crippen LogP contribution in [0.4, 0.5) is 32.8 Å². The van der Waals surface area contributed by atoms with E-state index in [1.165, 1.54) is 50.1 Å². The van der Waals surface area contributed by atoms with E-state index in [9.17, 15) is 0 Å². The Morgan fingerprint density at radius 1 is 0.393 bits per heavy atom. The second-order valence-electron chi connectivity index (χ2n) is 16.0. The fourth-order valence-electron chi connectivity index (χ4n) is 9.10. The highest BCUT2D eigenvalue weighted by molar-refractivity contribution is 9.10. The molecule has 2 aliphatic rings. The molecule has 7 aromatic carbocycles. The highest BCUT2D eigenvalue weighted by Crippen LogP contribution is 2.56. The first-order valence-electron chi connectivity index (χ1n) is 19.3. The molecule has 1 aromatic heterocycles. The molecule has 0 aliphatic heterocycles. The lowest BCUT2D eigenvalue weighted by molar-refractivity contribution is 0.660. The Balaban J connectivity index is 1.20. The van der Waals surface area contributed by atoms with Gasteiger partial charge in [-0.15, -0.1) is 0 Å². The highest BCUT2D eigenvalue weighted by atomic mass is 79.9. The van der Waals surface area contributed by atoms with Crippen molar-refractivity contribution in [2.75, 3.05) is 9.80 Å². The molecule has 0 saturated heterocycles. The predicted molar refractivity (Wildman–Crippen MR) is 242 cm³/mol. The lowest BCUT2D eigenvalue weighted by Gasteiger charge is -2.28. The number of rotatable bonds is 7. The SMILES string of the molecule is CC1(C)c2ccccc2-c2cc(N(c3ccccc3)c3sc(N(c4ccccc4)c4ccc5c(c4)C(C)(C)c4ccccc4-5)cc3-c3ccc(Br)cc3)ccc21. The quantitative estimate of drug-likeness (QED) is 0.158. The summed E-state index contributed by atoms with van der Waals surface area (Å²) in [5, 5.41) is 2.31. The summed E-state index contributed by atoms with van der Waals surface area (Å²) in [7, 11) is 0. The third-order valence-corrected chi connectivity index (χ3v) is 13.6. The van der Waals surface area contributed by atoms with Crippen LogP contribution in [0, 0.1) is 0 Å². The van der Waals surface area contributed by atoms with E-state index in [-0.39, 0.29) is 10.8 Å². The average Bonchev–Trinajstić information content (AvgIpc) is 3.82. The van der Waals surface area contributed by atoms with Crippen molar-refractivity contribution in [2.24, 2.45) is 0 Å². The molecule has 1 heterocycles. The lowest BCUT2D eigenvalue weighted by atomic mass is 9.82. The maximum absolute atomic E-state index is 3.71. The van der Waals surface area contributed by atoms with E-state index < -0.39 is 0 Å². The molecular formula is C52H41BrN2S. The van der Waals surface area contributed by atoms with Crippen molar-refractivity contribution in [1.82, 2.24) is 0 Å². The smallest absolute Gasteiger partial charge is 0.110 e. The van der Waals surface area contributed by atoms with Gasteiger partial charge in [-0.2, -0.15) is 0 Å². The number of fused-ring (bicyclic) bond motifs is 6. The normalized spacial score (nSPS) is 14.1. The maximum atomic E-state index is 3.71. The number of anilines is 6. The van der Waals surface area contributed by atoms with Crippen LogP contribution >= 0.6 is 27.3 Å². The number of thiophene rings is 1. The van der Waals surface area contributed by atoms with Gasteiger partial charge in [-0.1, -0.05) is 164 Å². The molecule has 0 saturated carbocycles. The van der Waals surface area contributed by atoms with Crippen LogP contribution in [0.2, 0.25) is 0 Å². The Bertz CT molecular complexity index is 2760. The molecule has 0 amide bonds. The van der Waals surface area contributed by atoms with Crippen molar-refractivity contribution in [2.45, 2.75) is 38.5 Å². The molecule has 272 valence electrons. The summed E-state index contributed by atoms with van der Waals surface area (Å²) in [5.41, 5.74) is 17.5. The monoisotopic (exact) mass is 804 g/mol. The Morgan fingerprint density at radius 3 is 1.55 bits per heavy atom. The van der Waals surface area contributed by atoms with Crippen LogP contribution in [0.1, 0.15) is 49.9 Å². The molecule has 0 unspecified atom stereocenters. The number of nitrogens with zero attached hydrogens (tertiary/aromatic N) is 2. The zero-order chi connectivity index (χ0) is 38.2. The third kappa shape index (κ3) is 5.50. The summed E-state index contributed by atoms with van der Waals surface area (Å²) in [6.45, 7) is 9.41. The zero-order valence-corrected chi connectivity index (χ0v) is 34.3. The molecule has 10 rings (SSSR count). The van der Waals surface area contributed by atoms with Crippen LogP contribution in [0.25, 0.3) is 33.4 Å². The largest absolute Gasteiger partial charge is 0.302 e. The van der Waals surface area contributed by atoms with Gasteiger partial charge in [0.2, 0.25) is 0 Å². The Morgan fingerprint density at radius 2 is 0.893 bits per heavy atom. The van der Waals surface area contributed by atoms with Crippen molar-refractivity contribution in [3.8, 4) is 33.4 Å². The molecule has 0 bridgehead atoms. The number of hydrogen-bond acceptors (Lipinski definition) is 3. The molecule has 8 aromatic rings. The van der Waals surface area contributed by atoms with Gasteiger partial charge in [-0.05, 0) is 117 Å². The maximum Gasteiger partial charge on any atom is 0.110 e. The molecule has 2 nitrogen and oxygen atoms in total. The Labute approximate surface area is 342 Å². The van der Waals surface area contributed by atoms with Crippen LogP contribution in [0.15, 0.2) is 180 Å². The van der Waals surface area contributed by atoms with Crippen LogP contribution in [-0.4, -0.2) is 0 Å². The van der Waals surface area contributed by atoms with Gasteiger partial charge < -0.3 is 9.80 Å². The van der Waals surface area contributed by atoms with Crippen LogP contribution < -0.4 is 9.80 Å². The van der Waals surface area contributed by atoms with Gasteiger partial charge in [-0.3, -0.25) is 0 Å². The molecule has 0 radical (unpaired) electrons. The number of halogens is 1. The van der Waals surface area contributed by atoms with E-state index >= 15 is 0 Å². The van der Waals surface area contributed by atoms with E-state index in [0.717, 1.165) is 42.8 Å². The summed E-state index contributed by atoms with van der Waals surface area (Å²) in [5.74, 6) is 0. The average molecular weight is 806 g/mol. The van der Waals surface area contributed by atoms with Crippen molar-refractivity contribution >= 4 is 60.0 Å². The lowest BCUT2D eigenvalue weighted by Crippen LogP contribution is -2.16. The second kappa shape index (κ2) is 13.2. The molecule has 0 spiro atoms.